The Kier molecular flexibility index (Phi) is 3.76. The molecule has 4 nitrogen and oxygen atoms in total. The standard InChI is InChI=1S/C12H15ClN4/c1-8(2)15-6-9-7-16-12(17-9)11-10(13)4-3-5-14-11/h3-5,7-8,15H,6H2,1-2H3,(H,16,17). The van der Waals surface area contributed by atoms with E-state index in [-0.39, 0.29) is 0 Å². The highest BCUT2D eigenvalue weighted by molar-refractivity contribution is 6.32. The number of halogens is 1. The first kappa shape index (κ1) is 12.1. The van der Waals surface area contributed by atoms with Crippen LogP contribution in [-0.2, 0) is 6.54 Å². The molecule has 0 aliphatic carbocycles. The average Bonchev–Trinajstić information content (AvgIpc) is 2.75. The van der Waals surface area contributed by atoms with Gasteiger partial charge in [-0.25, -0.2) is 4.98 Å². The summed E-state index contributed by atoms with van der Waals surface area (Å²) < 4.78 is 0. The van der Waals surface area contributed by atoms with Crippen LogP contribution in [0.5, 0.6) is 0 Å². The highest BCUT2D eigenvalue weighted by Crippen LogP contribution is 2.22. The summed E-state index contributed by atoms with van der Waals surface area (Å²) in [4.78, 5) is 11.7. The van der Waals surface area contributed by atoms with Gasteiger partial charge in [-0.05, 0) is 12.1 Å². The van der Waals surface area contributed by atoms with Gasteiger partial charge in [0.25, 0.3) is 0 Å². The summed E-state index contributed by atoms with van der Waals surface area (Å²) in [6.45, 7) is 4.97. The van der Waals surface area contributed by atoms with Crippen LogP contribution in [0, 0.1) is 0 Å². The zero-order valence-corrected chi connectivity index (χ0v) is 10.6. The van der Waals surface area contributed by atoms with Crippen LogP contribution in [0.1, 0.15) is 19.5 Å². The Hall–Kier alpha value is -1.39. The second-order valence-corrected chi connectivity index (χ2v) is 4.53. The first-order valence-electron chi connectivity index (χ1n) is 5.55. The van der Waals surface area contributed by atoms with Gasteiger partial charge in [0.15, 0.2) is 5.82 Å². The third kappa shape index (κ3) is 3.05. The van der Waals surface area contributed by atoms with E-state index in [0.717, 1.165) is 12.2 Å². The highest BCUT2D eigenvalue weighted by atomic mass is 35.5. The van der Waals surface area contributed by atoms with Crippen molar-refractivity contribution in [3.8, 4) is 11.5 Å². The molecule has 0 spiro atoms. The summed E-state index contributed by atoms with van der Waals surface area (Å²) >= 11 is 6.06. The second-order valence-electron chi connectivity index (χ2n) is 4.13. The van der Waals surface area contributed by atoms with Crippen LogP contribution < -0.4 is 5.32 Å². The molecule has 0 amide bonds. The van der Waals surface area contributed by atoms with E-state index in [1.807, 2.05) is 0 Å². The molecule has 0 saturated heterocycles. The van der Waals surface area contributed by atoms with E-state index in [2.05, 4.69) is 34.1 Å². The van der Waals surface area contributed by atoms with E-state index >= 15 is 0 Å². The first-order valence-corrected chi connectivity index (χ1v) is 5.93. The SMILES string of the molecule is CC(C)NCc1cnc(-c2ncccc2Cl)[nH]1. The minimum atomic E-state index is 0.445. The van der Waals surface area contributed by atoms with Crippen molar-refractivity contribution in [3.05, 3.63) is 35.2 Å². The Balaban J connectivity index is 2.16. The number of rotatable bonds is 4. The maximum Gasteiger partial charge on any atom is 0.157 e. The number of hydrogen-bond acceptors (Lipinski definition) is 3. The normalized spacial score (nSPS) is 11.1. The molecule has 5 heteroatoms. The third-order valence-electron chi connectivity index (χ3n) is 2.31. The lowest BCUT2D eigenvalue weighted by molar-refractivity contribution is 0.583. The number of hydrogen-bond donors (Lipinski definition) is 2. The third-order valence-corrected chi connectivity index (χ3v) is 2.62. The van der Waals surface area contributed by atoms with Gasteiger partial charge in [-0.15, -0.1) is 0 Å². The molecule has 0 atom stereocenters. The number of imidazole rings is 1. The monoisotopic (exact) mass is 250 g/mol. The van der Waals surface area contributed by atoms with E-state index in [1.54, 1.807) is 24.5 Å². The molecule has 90 valence electrons. The number of aromatic amines is 1. The van der Waals surface area contributed by atoms with Gasteiger partial charge in [0.2, 0.25) is 0 Å². The van der Waals surface area contributed by atoms with Crippen LogP contribution in [0.4, 0.5) is 0 Å². The number of aromatic nitrogens is 3. The van der Waals surface area contributed by atoms with E-state index in [1.165, 1.54) is 0 Å². The predicted molar refractivity (Wildman–Crippen MR) is 68.8 cm³/mol. The number of nitrogens with zero attached hydrogens (tertiary/aromatic N) is 2. The maximum atomic E-state index is 6.06. The van der Waals surface area contributed by atoms with Gasteiger partial charge >= 0.3 is 0 Å². The molecule has 2 aromatic rings. The van der Waals surface area contributed by atoms with E-state index in [9.17, 15) is 0 Å². The fraction of sp³-hybridized carbons (Fsp3) is 0.333. The minimum Gasteiger partial charge on any atom is -0.339 e. The zero-order chi connectivity index (χ0) is 12.3. The highest BCUT2D eigenvalue weighted by Gasteiger charge is 2.08. The Morgan fingerprint density at radius 1 is 1.41 bits per heavy atom. The second kappa shape index (κ2) is 5.29. The smallest absolute Gasteiger partial charge is 0.157 e. The van der Waals surface area contributed by atoms with Crippen LogP contribution in [0.2, 0.25) is 5.02 Å². The van der Waals surface area contributed by atoms with Gasteiger partial charge in [-0.1, -0.05) is 25.4 Å². The summed E-state index contributed by atoms with van der Waals surface area (Å²) in [5, 5.41) is 3.92. The van der Waals surface area contributed by atoms with Gasteiger partial charge in [0, 0.05) is 24.5 Å². The van der Waals surface area contributed by atoms with Crippen molar-refractivity contribution in [2.45, 2.75) is 26.4 Å². The molecule has 0 aliphatic rings. The van der Waals surface area contributed by atoms with Gasteiger partial charge in [0.05, 0.1) is 11.2 Å². The molecule has 2 rings (SSSR count). The molecule has 0 radical (unpaired) electrons. The summed E-state index contributed by atoms with van der Waals surface area (Å²) in [6, 6.07) is 4.05. The summed E-state index contributed by atoms with van der Waals surface area (Å²) in [7, 11) is 0. The minimum absolute atomic E-state index is 0.445. The van der Waals surface area contributed by atoms with Crippen LogP contribution in [0.3, 0.4) is 0 Å². The van der Waals surface area contributed by atoms with Crippen molar-refractivity contribution in [2.24, 2.45) is 0 Å². The van der Waals surface area contributed by atoms with Crippen molar-refractivity contribution in [1.29, 1.82) is 0 Å². The lowest BCUT2D eigenvalue weighted by Crippen LogP contribution is -2.21. The fourth-order valence-corrected chi connectivity index (χ4v) is 1.65. The van der Waals surface area contributed by atoms with Crippen molar-refractivity contribution in [2.75, 3.05) is 0 Å². The van der Waals surface area contributed by atoms with Crippen molar-refractivity contribution in [3.63, 3.8) is 0 Å². The predicted octanol–water partition coefficient (Wildman–Crippen LogP) is 2.62. The molecule has 0 aliphatic heterocycles. The lowest BCUT2D eigenvalue weighted by Gasteiger charge is -2.05. The molecule has 0 aromatic carbocycles. The molecule has 17 heavy (non-hydrogen) atoms. The average molecular weight is 251 g/mol. The molecule has 2 heterocycles. The van der Waals surface area contributed by atoms with Crippen LogP contribution in [-0.4, -0.2) is 21.0 Å². The van der Waals surface area contributed by atoms with E-state index < -0.39 is 0 Å². The van der Waals surface area contributed by atoms with Gasteiger partial charge in [0.1, 0.15) is 5.69 Å². The van der Waals surface area contributed by atoms with Gasteiger partial charge < -0.3 is 10.3 Å². The molecule has 0 saturated carbocycles. The number of pyridine rings is 1. The van der Waals surface area contributed by atoms with E-state index in [4.69, 9.17) is 11.6 Å². The molecule has 0 bridgehead atoms. The Labute approximate surface area is 105 Å². The molecule has 2 aromatic heterocycles. The van der Waals surface area contributed by atoms with E-state index in [0.29, 0.717) is 22.6 Å². The van der Waals surface area contributed by atoms with Crippen molar-refractivity contribution < 1.29 is 0 Å². The quantitative estimate of drug-likeness (QED) is 0.877. The Morgan fingerprint density at radius 2 is 2.24 bits per heavy atom. The van der Waals surface area contributed by atoms with Crippen LogP contribution in [0.25, 0.3) is 11.5 Å². The van der Waals surface area contributed by atoms with Crippen LogP contribution in [0.15, 0.2) is 24.5 Å². The number of nitrogens with one attached hydrogen (secondary N) is 2. The van der Waals surface area contributed by atoms with Crippen molar-refractivity contribution >= 4 is 11.6 Å². The van der Waals surface area contributed by atoms with Crippen molar-refractivity contribution in [1.82, 2.24) is 20.3 Å². The Bertz CT molecular complexity index is 493. The van der Waals surface area contributed by atoms with Gasteiger partial charge in [-0.3, -0.25) is 4.98 Å². The Morgan fingerprint density at radius 3 is 2.94 bits per heavy atom. The largest absolute Gasteiger partial charge is 0.339 e. The van der Waals surface area contributed by atoms with Gasteiger partial charge in [-0.2, -0.15) is 0 Å². The summed E-state index contributed by atoms with van der Waals surface area (Å²) in [5.74, 6) is 0.705. The molecular formula is C12H15ClN4. The molecule has 0 unspecified atom stereocenters. The fourth-order valence-electron chi connectivity index (χ4n) is 1.44. The molecular weight excluding hydrogens is 236 g/mol. The number of H-pyrrole nitrogens is 1. The lowest BCUT2D eigenvalue weighted by atomic mass is 10.3. The topological polar surface area (TPSA) is 53.6 Å². The maximum absolute atomic E-state index is 6.06. The molecule has 2 N–H and O–H groups in total. The molecule has 0 fully saturated rings. The zero-order valence-electron chi connectivity index (χ0n) is 9.87. The first-order chi connectivity index (χ1) is 8.16. The summed E-state index contributed by atoms with van der Waals surface area (Å²) in [5.41, 5.74) is 1.71. The van der Waals surface area contributed by atoms with Crippen LogP contribution >= 0.6 is 11.6 Å². The summed E-state index contributed by atoms with van der Waals surface area (Å²) in [6.07, 6.45) is 3.51.